The van der Waals surface area contributed by atoms with Gasteiger partial charge in [0.25, 0.3) is 0 Å². The Hall–Kier alpha value is -2.86. The van der Waals surface area contributed by atoms with E-state index in [-0.39, 0.29) is 5.56 Å². The Bertz CT molecular complexity index is 815. The zero-order chi connectivity index (χ0) is 20.5. The average Bonchev–Trinajstić information content (AvgIpc) is 2.75. The van der Waals surface area contributed by atoms with E-state index in [1.54, 1.807) is 18.2 Å². The van der Waals surface area contributed by atoms with E-state index in [2.05, 4.69) is 34.2 Å². The normalized spacial score (nSPS) is 15.3. The predicted molar refractivity (Wildman–Crippen MR) is 118 cm³/mol. The first-order chi connectivity index (χ1) is 14.2. The number of benzene rings is 2. The molecule has 0 aliphatic carbocycles. The SMILES string of the molecule is CCCN1CCN(C(=NCCc2ccccc2)Nc2cccc(C(=O)O)c2)CC1. The summed E-state index contributed by atoms with van der Waals surface area (Å²) in [4.78, 5) is 20.9. The first-order valence-corrected chi connectivity index (χ1v) is 10.3. The second kappa shape index (κ2) is 10.6. The smallest absolute Gasteiger partial charge is 0.335 e. The Kier molecular flexibility index (Phi) is 7.64. The van der Waals surface area contributed by atoms with Gasteiger partial charge in [-0.15, -0.1) is 0 Å². The number of aromatic carboxylic acids is 1. The van der Waals surface area contributed by atoms with Crippen LogP contribution in [0.3, 0.4) is 0 Å². The van der Waals surface area contributed by atoms with E-state index >= 15 is 0 Å². The Balaban J connectivity index is 1.71. The highest BCUT2D eigenvalue weighted by molar-refractivity contribution is 5.95. The summed E-state index contributed by atoms with van der Waals surface area (Å²) in [5.74, 6) is -0.107. The molecule has 6 heteroatoms. The number of carboxylic acid groups (broad SMARTS) is 1. The maximum Gasteiger partial charge on any atom is 0.335 e. The molecule has 1 aliphatic rings. The molecule has 3 rings (SSSR count). The highest BCUT2D eigenvalue weighted by Crippen LogP contribution is 2.13. The number of hydrogen-bond acceptors (Lipinski definition) is 3. The summed E-state index contributed by atoms with van der Waals surface area (Å²) in [6.07, 6.45) is 2.04. The van der Waals surface area contributed by atoms with Gasteiger partial charge in [-0.1, -0.05) is 43.3 Å². The van der Waals surface area contributed by atoms with Crippen molar-refractivity contribution in [3.05, 3.63) is 65.7 Å². The molecular weight excluding hydrogens is 364 g/mol. The quantitative estimate of drug-likeness (QED) is 0.556. The summed E-state index contributed by atoms with van der Waals surface area (Å²) in [6.45, 7) is 7.87. The average molecular weight is 395 g/mol. The van der Waals surface area contributed by atoms with Gasteiger partial charge >= 0.3 is 5.97 Å². The fourth-order valence-corrected chi connectivity index (χ4v) is 3.51. The van der Waals surface area contributed by atoms with E-state index in [9.17, 15) is 9.90 Å². The number of rotatable bonds is 7. The minimum Gasteiger partial charge on any atom is -0.478 e. The third-order valence-electron chi connectivity index (χ3n) is 5.08. The first-order valence-electron chi connectivity index (χ1n) is 10.3. The molecule has 0 aromatic heterocycles. The fourth-order valence-electron chi connectivity index (χ4n) is 3.51. The van der Waals surface area contributed by atoms with Gasteiger partial charge in [-0.05, 0) is 43.1 Å². The van der Waals surface area contributed by atoms with Gasteiger partial charge in [0.15, 0.2) is 5.96 Å². The summed E-state index contributed by atoms with van der Waals surface area (Å²) in [5, 5.41) is 12.6. The summed E-state index contributed by atoms with van der Waals surface area (Å²) >= 11 is 0. The minimum absolute atomic E-state index is 0.270. The van der Waals surface area contributed by atoms with Crippen LogP contribution in [0.15, 0.2) is 59.6 Å². The zero-order valence-corrected chi connectivity index (χ0v) is 17.1. The van der Waals surface area contributed by atoms with Gasteiger partial charge in [0, 0.05) is 38.4 Å². The molecule has 6 nitrogen and oxygen atoms in total. The molecule has 0 amide bonds. The van der Waals surface area contributed by atoms with E-state index in [0.717, 1.165) is 57.2 Å². The van der Waals surface area contributed by atoms with E-state index in [1.807, 2.05) is 24.3 Å². The molecule has 2 N–H and O–H groups in total. The second-order valence-electron chi connectivity index (χ2n) is 7.28. The van der Waals surface area contributed by atoms with Gasteiger partial charge < -0.3 is 15.3 Å². The summed E-state index contributed by atoms with van der Waals surface area (Å²) in [7, 11) is 0. The third-order valence-corrected chi connectivity index (χ3v) is 5.08. The van der Waals surface area contributed by atoms with Crippen LogP contribution in [-0.2, 0) is 6.42 Å². The van der Waals surface area contributed by atoms with E-state index in [0.29, 0.717) is 6.54 Å². The lowest BCUT2D eigenvalue weighted by molar-refractivity contribution is 0.0697. The van der Waals surface area contributed by atoms with Crippen LogP contribution in [0, 0.1) is 0 Å². The van der Waals surface area contributed by atoms with Crippen LogP contribution in [0.1, 0.15) is 29.3 Å². The molecule has 0 bridgehead atoms. The fraction of sp³-hybridized carbons (Fsp3) is 0.391. The van der Waals surface area contributed by atoms with Crippen molar-refractivity contribution in [1.29, 1.82) is 0 Å². The van der Waals surface area contributed by atoms with Gasteiger partial charge in [0.1, 0.15) is 0 Å². The van der Waals surface area contributed by atoms with Crippen LogP contribution < -0.4 is 5.32 Å². The number of carboxylic acids is 1. The maximum atomic E-state index is 11.3. The van der Waals surface area contributed by atoms with Crippen LogP contribution in [0.4, 0.5) is 5.69 Å². The molecule has 0 radical (unpaired) electrons. The lowest BCUT2D eigenvalue weighted by Gasteiger charge is -2.36. The molecule has 154 valence electrons. The van der Waals surface area contributed by atoms with Gasteiger partial charge in [-0.2, -0.15) is 0 Å². The molecule has 1 fully saturated rings. The number of carbonyl (C=O) groups is 1. The van der Waals surface area contributed by atoms with E-state index in [1.165, 1.54) is 5.56 Å². The molecular formula is C23H30N4O2. The molecule has 1 saturated heterocycles. The predicted octanol–water partition coefficient (Wildman–Crippen LogP) is 3.42. The molecule has 2 aromatic carbocycles. The second-order valence-corrected chi connectivity index (χ2v) is 7.28. The van der Waals surface area contributed by atoms with Crippen LogP contribution in [0.2, 0.25) is 0 Å². The van der Waals surface area contributed by atoms with Crippen molar-refractivity contribution in [2.75, 3.05) is 44.6 Å². The lowest BCUT2D eigenvalue weighted by atomic mass is 10.1. The van der Waals surface area contributed by atoms with Crippen LogP contribution >= 0.6 is 0 Å². The van der Waals surface area contributed by atoms with Crippen molar-refractivity contribution in [3.63, 3.8) is 0 Å². The van der Waals surface area contributed by atoms with Crippen LogP contribution in [-0.4, -0.2) is 66.1 Å². The summed E-state index contributed by atoms with van der Waals surface area (Å²) in [5.41, 5.74) is 2.28. The summed E-state index contributed by atoms with van der Waals surface area (Å²) < 4.78 is 0. The van der Waals surface area contributed by atoms with Crippen LogP contribution in [0.25, 0.3) is 0 Å². The standard InChI is InChI=1S/C23H30N4O2/c1-2-13-26-14-16-27(17-15-26)23(24-12-11-19-7-4-3-5-8-19)25-21-10-6-9-20(18-21)22(28)29/h3-10,18H,2,11-17H2,1H3,(H,24,25)(H,28,29). The molecule has 29 heavy (non-hydrogen) atoms. The molecule has 1 heterocycles. The minimum atomic E-state index is -0.926. The van der Waals surface area contributed by atoms with Crippen molar-refractivity contribution in [1.82, 2.24) is 9.80 Å². The van der Waals surface area contributed by atoms with Crippen molar-refractivity contribution in [3.8, 4) is 0 Å². The van der Waals surface area contributed by atoms with E-state index < -0.39 is 5.97 Å². The number of hydrogen-bond donors (Lipinski definition) is 2. The number of anilines is 1. The first kappa shape index (κ1) is 20.9. The third kappa shape index (κ3) is 6.32. The topological polar surface area (TPSA) is 68.2 Å². The highest BCUT2D eigenvalue weighted by Gasteiger charge is 2.19. The van der Waals surface area contributed by atoms with Crippen molar-refractivity contribution in [2.45, 2.75) is 19.8 Å². The Morgan fingerprint density at radius 3 is 2.52 bits per heavy atom. The molecule has 1 aliphatic heterocycles. The number of aliphatic imine (C=N–C) groups is 1. The van der Waals surface area contributed by atoms with Crippen molar-refractivity contribution >= 4 is 17.6 Å². The number of piperazine rings is 1. The number of guanidine groups is 1. The van der Waals surface area contributed by atoms with Crippen molar-refractivity contribution in [2.24, 2.45) is 4.99 Å². The summed E-state index contributed by atoms with van der Waals surface area (Å²) in [6, 6.07) is 17.2. The largest absolute Gasteiger partial charge is 0.478 e. The monoisotopic (exact) mass is 394 g/mol. The molecule has 0 saturated carbocycles. The Labute approximate surface area is 172 Å². The lowest BCUT2D eigenvalue weighted by Crippen LogP contribution is -2.50. The maximum absolute atomic E-state index is 11.3. The van der Waals surface area contributed by atoms with Gasteiger partial charge in [0.05, 0.1) is 5.56 Å². The van der Waals surface area contributed by atoms with Crippen LogP contribution in [0.5, 0.6) is 0 Å². The highest BCUT2D eigenvalue weighted by atomic mass is 16.4. The number of nitrogens with zero attached hydrogens (tertiary/aromatic N) is 3. The van der Waals surface area contributed by atoms with E-state index in [4.69, 9.17) is 4.99 Å². The Morgan fingerprint density at radius 1 is 1.07 bits per heavy atom. The van der Waals surface area contributed by atoms with Gasteiger partial charge in [-0.3, -0.25) is 9.89 Å². The van der Waals surface area contributed by atoms with Gasteiger partial charge in [0.2, 0.25) is 0 Å². The number of nitrogens with one attached hydrogen (secondary N) is 1. The zero-order valence-electron chi connectivity index (χ0n) is 17.1. The molecule has 2 aromatic rings. The van der Waals surface area contributed by atoms with Gasteiger partial charge in [-0.25, -0.2) is 4.79 Å². The molecule has 0 spiro atoms. The molecule has 0 atom stereocenters. The Morgan fingerprint density at radius 2 is 1.83 bits per heavy atom. The molecule has 0 unspecified atom stereocenters. The van der Waals surface area contributed by atoms with Crippen molar-refractivity contribution < 1.29 is 9.90 Å².